The molecule has 0 fully saturated rings. The lowest BCUT2D eigenvalue weighted by Gasteiger charge is -2.19. The van der Waals surface area contributed by atoms with Crippen molar-refractivity contribution in [2.24, 2.45) is 10.9 Å². The summed E-state index contributed by atoms with van der Waals surface area (Å²) in [5.41, 5.74) is 9.90. The number of nitrogens with zero attached hydrogens (tertiary/aromatic N) is 3. The fourth-order valence-corrected chi connectivity index (χ4v) is 2.89. The molecule has 0 saturated carbocycles. The van der Waals surface area contributed by atoms with Gasteiger partial charge in [-0.1, -0.05) is 16.8 Å². The van der Waals surface area contributed by atoms with Crippen LogP contribution in [0.4, 0.5) is 5.69 Å². The number of oxime groups is 1. The number of hydrogen-bond acceptors (Lipinski definition) is 5. The molecule has 1 aromatic heterocycles. The predicted molar refractivity (Wildman–Crippen MR) is 82.9 cm³/mol. The molecule has 0 aliphatic heterocycles. The van der Waals surface area contributed by atoms with Gasteiger partial charge in [0, 0.05) is 23.2 Å². The van der Waals surface area contributed by atoms with E-state index in [9.17, 15) is 0 Å². The van der Waals surface area contributed by atoms with Crippen molar-refractivity contribution in [3.8, 4) is 0 Å². The van der Waals surface area contributed by atoms with Gasteiger partial charge in [0.2, 0.25) is 0 Å². The van der Waals surface area contributed by atoms with Crippen LogP contribution in [0.5, 0.6) is 0 Å². The molecule has 5 nitrogen and oxygen atoms in total. The van der Waals surface area contributed by atoms with E-state index in [1.165, 1.54) is 4.88 Å². The van der Waals surface area contributed by atoms with Crippen molar-refractivity contribution in [1.82, 2.24) is 4.98 Å². The summed E-state index contributed by atoms with van der Waals surface area (Å²) in [6.45, 7) is 2.75. The van der Waals surface area contributed by atoms with Gasteiger partial charge >= 0.3 is 0 Å². The van der Waals surface area contributed by atoms with Crippen LogP contribution in [0.25, 0.3) is 0 Å². The summed E-state index contributed by atoms with van der Waals surface area (Å²) in [6.07, 6.45) is 0. The second-order valence-corrected chi connectivity index (χ2v) is 5.71. The molecule has 0 unspecified atom stereocenters. The number of halogens is 1. The molecule has 0 spiro atoms. The van der Waals surface area contributed by atoms with Crippen LogP contribution < -0.4 is 10.6 Å². The number of nitrogens with two attached hydrogens (primary N) is 1. The minimum absolute atomic E-state index is 0.00232. The van der Waals surface area contributed by atoms with Crippen molar-refractivity contribution < 1.29 is 5.21 Å². The maximum Gasteiger partial charge on any atom is 0.171 e. The Morgan fingerprint density at radius 3 is 2.85 bits per heavy atom. The monoisotopic (exact) mass is 310 g/mol. The zero-order chi connectivity index (χ0) is 14.7. The molecular formula is C13H15ClN4OS. The molecule has 0 amide bonds. The number of aromatic nitrogens is 1. The van der Waals surface area contributed by atoms with Crippen molar-refractivity contribution in [2.45, 2.75) is 13.5 Å². The second kappa shape index (κ2) is 6.11. The number of hydrogen-bond donors (Lipinski definition) is 2. The van der Waals surface area contributed by atoms with Crippen LogP contribution >= 0.6 is 22.9 Å². The highest BCUT2D eigenvalue weighted by Gasteiger charge is 2.10. The Balaban J connectivity index is 2.21. The van der Waals surface area contributed by atoms with Crippen LogP contribution in [0.1, 0.15) is 16.1 Å². The van der Waals surface area contributed by atoms with Gasteiger partial charge in [-0.05, 0) is 25.1 Å². The maximum absolute atomic E-state index is 8.68. The second-order valence-electron chi connectivity index (χ2n) is 4.37. The molecule has 1 heterocycles. The van der Waals surface area contributed by atoms with Gasteiger partial charge in [0.25, 0.3) is 0 Å². The first kappa shape index (κ1) is 14.6. The zero-order valence-corrected chi connectivity index (χ0v) is 12.7. The quantitative estimate of drug-likeness (QED) is 0.394. The lowest BCUT2D eigenvalue weighted by atomic mass is 10.2. The van der Waals surface area contributed by atoms with E-state index in [0.29, 0.717) is 10.6 Å². The number of aryl methyl sites for hydroxylation is 1. The predicted octanol–water partition coefficient (Wildman–Crippen LogP) is 2.84. The van der Waals surface area contributed by atoms with Gasteiger partial charge in [0.05, 0.1) is 22.8 Å². The fraction of sp³-hybridized carbons (Fsp3) is 0.231. The molecule has 106 valence electrons. The Morgan fingerprint density at radius 2 is 2.30 bits per heavy atom. The Labute approximate surface area is 126 Å². The summed E-state index contributed by atoms with van der Waals surface area (Å²) in [6, 6.07) is 5.42. The Morgan fingerprint density at radius 1 is 1.55 bits per heavy atom. The standard InChI is InChI=1S/C13H15ClN4OS/c1-8-12(20-7-16-8)6-18(2)9-3-4-10(11(14)5-9)13(15)17-19/h3-5,7,19H,6H2,1-2H3,(H2,15,17). The highest BCUT2D eigenvalue weighted by atomic mass is 35.5. The van der Waals surface area contributed by atoms with E-state index in [2.05, 4.69) is 15.0 Å². The van der Waals surface area contributed by atoms with E-state index in [-0.39, 0.29) is 5.84 Å². The van der Waals surface area contributed by atoms with Gasteiger partial charge in [-0.25, -0.2) is 4.98 Å². The van der Waals surface area contributed by atoms with E-state index in [1.54, 1.807) is 23.5 Å². The molecular weight excluding hydrogens is 296 g/mol. The van der Waals surface area contributed by atoms with Gasteiger partial charge in [-0.15, -0.1) is 11.3 Å². The van der Waals surface area contributed by atoms with Gasteiger partial charge < -0.3 is 15.8 Å². The molecule has 0 bridgehead atoms. The molecule has 7 heteroatoms. The van der Waals surface area contributed by atoms with Crippen molar-refractivity contribution in [1.29, 1.82) is 0 Å². The molecule has 3 N–H and O–H groups in total. The molecule has 2 rings (SSSR count). The molecule has 1 aromatic carbocycles. The van der Waals surface area contributed by atoms with Gasteiger partial charge in [0.15, 0.2) is 5.84 Å². The molecule has 0 aliphatic carbocycles. The summed E-state index contributed by atoms with van der Waals surface area (Å²) < 4.78 is 0. The van der Waals surface area contributed by atoms with Crippen LogP contribution in [0.2, 0.25) is 5.02 Å². The SMILES string of the molecule is Cc1ncsc1CN(C)c1ccc(C(N)=NO)c(Cl)c1. The van der Waals surface area contributed by atoms with E-state index in [1.807, 2.05) is 25.5 Å². The number of rotatable bonds is 4. The van der Waals surface area contributed by atoms with Crippen LogP contribution in [-0.4, -0.2) is 23.1 Å². The lowest BCUT2D eigenvalue weighted by Crippen LogP contribution is -2.17. The number of anilines is 1. The van der Waals surface area contributed by atoms with Crippen molar-refractivity contribution in [3.05, 3.63) is 44.9 Å². The van der Waals surface area contributed by atoms with Gasteiger partial charge in [-0.3, -0.25) is 0 Å². The molecule has 2 aromatic rings. The Bertz CT molecular complexity index is 641. The topological polar surface area (TPSA) is 74.7 Å². The van der Waals surface area contributed by atoms with Gasteiger partial charge in [-0.2, -0.15) is 0 Å². The fourth-order valence-electron chi connectivity index (χ4n) is 1.79. The average molecular weight is 311 g/mol. The van der Waals surface area contributed by atoms with E-state index in [0.717, 1.165) is 17.9 Å². The van der Waals surface area contributed by atoms with Crippen molar-refractivity contribution in [2.75, 3.05) is 11.9 Å². The van der Waals surface area contributed by atoms with Crippen LogP contribution in [0, 0.1) is 6.92 Å². The molecule has 0 atom stereocenters. The van der Waals surface area contributed by atoms with Crippen LogP contribution in [0.15, 0.2) is 28.9 Å². The van der Waals surface area contributed by atoms with Crippen molar-refractivity contribution >= 4 is 34.5 Å². The molecule has 0 radical (unpaired) electrons. The highest BCUT2D eigenvalue weighted by Crippen LogP contribution is 2.25. The van der Waals surface area contributed by atoms with Gasteiger partial charge in [0.1, 0.15) is 0 Å². The summed E-state index contributed by atoms with van der Waals surface area (Å²) >= 11 is 7.78. The highest BCUT2D eigenvalue weighted by molar-refractivity contribution is 7.09. The van der Waals surface area contributed by atoms with Crippen molar-refractivity contribution in [3.63, 3.8) is 0 Å². The summed E-state index contributed by atoms with van der Waals surface area (Å²) in [5, 5.41) is 12.1. The number of benzene rings is 1. The summed E-state index contributed by atoms with van der Waals surface area (Å²) in [5.74, 6) is 0.00232. The third-order valence-corrected chi connectivity index (χ3v) is 4.24. The lowest BCUT2D eigenvalue weighted by molar-refractivity contribution is 0.318. The first-order valence-corrected chi connectivity index (χ1v) is 7.16. The molecule has 20 heavy (non-hydrogen) atoms. The largest absolute Gasteiger partial charge is 0.409 e. The molecule has 0 saturated heterocycles. The first-order chi connectivity index (χ1) is 9.52. The minimum atomic E-state index is 0.00232. The van der Waals surface area contributed by atoms with Crippen LogP contribution in [-0.2, 0) is 6.54 Å². The molecule has 0 aliphatic rings. The minimum Gasteiger partial charge on any atom is -0.409 e. The number of amidine groups is 1. The zero-order valence-electron chi connectivity index (χ0n) is 11.2. The Kier molecular flexibility index (Phi) is 4.46. The Hall–Kier alpha value is -1.79. The van der Waals surface area contributed by atoms with E-state index >= 15 is 0 Å². The maximum atomic E-state index is 8.68. The summed E-state index contributed by atoms with van der Waals surface area (Å²) in [4.78, 5) is 7.52. The van der Waals surface area contributed by atoms with E-state index < -0.39 is 0 Å². The summed E-state index contributed by atoms with van der Waals surface area (Å²) in [7, 11) is 1.98. The normalized spacial score (nSPS) is 11.7. The average Bonchev–Trinajstić information content (AvgIpc) is 2.83. The first-order valence-electron chi connectivity index (χ1n) is 5.90. The van der Waals surface area contributed by atoms with E-state index in [4.69, 9.17) is 22.5 Å². The van der Waals surface area contributed by atoms with Crippen LogP contribution in [0.3, 0.4) is 0 Å². The number of thiazole rings is 1. The third kappa shape index (κ3) is 3.02. The third-order valence-electron chi connectivity index (χ3n) is 3.00. The smallest absolute Gasteiger partial charge is 0.171 e.